The average Bonchev–Trinajstić information content (AvgIpc) is 2.76. The molecule has 0 aliphatic rings. The van der Waals surface area contributed by atoms with Gasteiger partial charge in [0.1, 0.15) is 0 Å². The highest BCUT2D eigenvalue weighted by molar-refractivity contribution is 7.89. The molecule has 0 atom stereocenters. The Balaban J connectivity index is 2.27. The standard InChI is InChI=1S/C12H11ClN2O4S/c1-7-6-8(20(14,17)18)2-3-10(7)15-12(16)9-4-5-19-11(9)13/h2-6H,1H3,(H,15,16)(H2,14,17,18). The maximum Gasteiger partial charge on any atom is 0.260 e. The second-order valence-electron chi connectivity index (χ2n) is 4.08. The molecule has 1 heterocycles. The van der Waals surface area contributed by atoms with Crippen molar-refractivity contribution < 1.29 is 17.6 Å². The van der Waals surface area contributed by atoms with Crippen molar-refractivity contribution in [3.8, 4) is 0 Å². The Morgan fingerprint density at radius 3 is 2.55 bits per heavy atom. The molecule has 0 aliphatic heterocycles. The van der Waals surface area contributed by atoms with Crippen LogP contribution in [0.5, 0.6) is 0 Å². The van der Waals surface area contributed by atoms with Gasteiger partial charge < -0.3 is 9.73 Å². The summed E-state index contributed by atoms with van der Waals surface area (Å²) < 4.78 is 27.2. The van der Waals surface area contributed by atoms with Crippen molar-refractivity contribution in [2.45, 2.75) is 11.8 Å². The molecule has 3 N–H and O–H groups in total. The van der Waals surface area contributed by atoms with Gasteiger partial charge in [-0.25, -0.2) is 13.6 Å². The molecular formula is C12H11ClN2O4S. The zero-order valence-corrected chi connectivity index (χ0v) is 12.0. The van der Waals surface area contributed by atoms with Crippen LogP contribution in [0.4, 0.5) is 5.69 Å². The number of aryl methyl sites for hydroxylation is 1. The van der Waals surface area contributed by atoms with Crippen LogP contribution in [0.2, 0.25) is 5.22 Å². The smallest absolute Gasteiger partial charge is 0.260 e. The molecule has 0 aliphatic carbocycles. The fourth-order valence-corrected chi connectivity index (χ4v) is 2.40. The van der Waals surface area contributed by atoms with E-state index in [-0.39, 0.29) is 15.7 Å². The lowest BCUT2D eigenvalue weighted by molar-refractivity contribution is 0.102. The summed E-state index contributed by atoms with van der Waals surface area (Å²) in [6, 6.07) is 5.59. The number of nitrogens with two attached hydrogens (primary N) is 1. The molecule has 0 radical (unpaired) electrons. The van der Waals surface area contributed by atoms with Crippen molar-refractivity contribution in [3.63, 3.8) is 0 Å². The monoisotopic (exact) mass is 314 g/mol. The summed E-state index contributed by atoms with van der Waals surface area (Å²) in [6.07, 6.45) is 1.30. The summed E-state index contributed by atoms with van der Waals surface area (Å²) in [6.45, 7) is 1.65. The number of rotatable bonds is 3. The summed E-state index contributed by atoms with van der Waals surface area (Å²) in [5.41, 5.74) is 1.21. The van der Waals surface area contributed by atoms with E-state index in [1.54, 1.807) is 6.92 Å². The van der Waals surface area contributed by atoms with Crippen molar-refractivity contribution in [2.24, 2.45) is 5.14 Å². The highest BCUT2D eigenvalue weighted by atomic mass is 35.5. The lowest BCUT2D eigenvalue weighted by Crippen LogP contribution is -2.14. The van der Waals surface area contributed by atoms with Gasteiger partial charge in [0.25, 0.3) is 5.91 Å². The van der Waals surface area contributed by atoms with E-state index in [1.807, 2.05) is 0 Å². The highest BCUT2D eigenvalue weighted by Crippen LogP contribution is 2.22. The molecule has 0 spiro atoms. The van der Waals surface area contributed by atoms with Crippen LogP contribution in [-0.4, -0.2) is 14.3 Å². The maximum absolute atomic E-state index is 11.9. The first-order valence-corrected chi connectivity index (χ1v) is 7.39. The van der Waals surface area contributed by atoms with Crippen molar-refractivity contribution in [1.29, 1.82) is 0 Å². The van der Waals surface area contributed by atoms with E-state index in [4.69, 9.17) is 21.2 Å². The van der Waals surface area contributed by atoms with E-state index in [9.17, 15) is 13.2 Å². The molecule has 8 heteroatoms. The Bertz CT molecular complexity index is 768. The van der Waals surface area contributed by atoms with Gasteiger partial charge in [-0.05, 0) is 48.4 Å². The number of hydrogen-bond donors (Lipinski definition) is 2. The largest absolute Gasteiger partial charge is 0.452 e. The number of halogens is 1. The summed E-state index contributed by atoms with van der Waals surface area (Å²) in [5.74, 6) is -0.449. The molecule has 0 bridgehead atoms. The summed E-state index contributed by atoms with van der Waals surface area (Å²) >= 11 is 5.70. The van der Waals surface area contributed by atoms with Crippen LogP contribution in [0.15, 0.2) is 39.8 Å². The SMILES string of the molecule is Cc1cc(S(N)(=O)=O)ccc1NC(=O)c1ccoc1Cl. The van der Waals surface area contributed by atoms with Gasteiger partial charge >= 0.3 is 0 Å². The van der Waals surface area contributed by atoms with E-state index < -0.39 is 15.9 Å². The minimum atomic E-state index is -3.77. The van der Waals surface area contributed by atoms with Crippen LogP contribution in [0.25, 0.3) is 0 Å². The van der Waals surface area contributed by atoms with E-state index in [2.05, 4.69) is 5.32 Å². The lowest BCUT2D eigenvalue weighted by atomic mass is 10.2. The van der Waals surface area contributed by atoms with E-state index in [1.165, 1.54) is 30.5 Å². The fraction of sp³-hybridized carbons (Fsp3) is 0.0833. The third kappa shape index (κ3) is 3.01. The minimum absolute atomic E-state index is 0.0127. The molecule has 20 heavy (non-hydrogen) atoms. The van der Waals surface area contributed by atoms with E-state index >= 15 is 0 Å². The zero-order valence-electron chi connectivity index (χ0n) is 10.4. The highest BCUT2D eigenvalue weighted by Gasteiger charge is 2.15. The normalized spacial score (nSPS) is 11.3. The molecule has 2 aromatic rings. The third-order valence-electron chi connectivity index (χ3n) is 2.64. The molecule has 0 fully saturated rings. The molecule has 1 amide bonds. The van der Waals surface area contributed by atoms with Gasteiger partial charge in [-0.3, -0.25) is 4.79 Å². The van der Waals surface area contributed by atoms with Gasteiger partial charge in [0.05, 0.1) is 16.7 Å². The van der Waals surface area contributed by atoms with E-state index in [0.29, 0.717) is 11.3 Å². The molecule has 6 nitrogen and oxygen atoms in total. The Kier molecular flexibility index (Phi) is 3.85. The molecule has 0 unspecified atom stereocenters. The number of anilines is 1. The summed E-state index contributed by atoms with van der Waals surface area (Å²) in [4.78, 5) is 11.9. The molecular weight excluding hydrogens is 304 g/mol. The molecule has 1 aromatic carbocycles. The van der Waals surface area contributed by atoms with Crippen molar-refractivity contribution in [3.05, 3.63) is 46.9 Å². The van der Waals surface area contributed by atoms with E-state index in [0.717, 1.165) is 0 Å². The number of sulfonamides is 1. The van der Waals surface area contributed by atoms with Gasteiger partial charge in [0.2, 0.25) is 15.2 Å². The molecule has 0 saturated carbocycles. The molecule has 106 valence electrons. The van der Waals surface area contributed by atoms with Gasteiger partial charge in [-0.2, -0.15) is 0 Å². The molecule has 2 rings (SSSR count). The summed E-state index contributed by atoms with van der Waals surface area (Å²) in [7, 11) is -3.77. The van der Waals surface area contributed by atoms with Crippen molar-refractivity contribution >= 4 is 33.2 Å². The Morgan fingerprint density at radius 2 is 2.05 bits per heavy atom. The second-order valence-corrected chi connectivity index (χ2v) is 5.99. The zero-order chi connectivity index (χ0) is 14.9. The number of carbonyl (C=O) groups is 1. The average molecular weight is 315 g/mol. The first-order chi connectivity index (χ1) is 9.29. The number of benzene rings is 1. The number of hydrogen-bond acceptors (Lipinski definition) is 4. The Morgan fingerprint density at radius 1 is 1.35 bits per heavy atom. The maximum atomic E-state index is 11.9. The van der Waals surface area contributed by atoms with Gasteiger partial charge in [-0.15, -0.1) is 0 Å². The predicted octanol–water partition coefficient (Wildman–Crippen LogP) is 2.14. The van der Waals surface area contributed by atoms with Crippen LogP contribution < -0.4 is 10.5 Å². The summed E-state index contributed by atoms with van der Waals surface area (Å²) in [5, 5.41) is 7.63. The second kappa shape index (κ2) is 5.28. The van der Waals surface area contributed by atoms with Gasteiger partial charge in [-0.1, -0.05) is 0 Å². The van der Waals surface area contributed by atoms with Crippen LogP contribution in [-0.2, 0) is 10.0 Å². The van der Waals surface area contributed by atoms with Crippen molar-refractivity contribution in [2.75, 3.05) is 5.32 Å². The van der Waals surface area contributed by atoms with Gasteiger partial charge in [0, 0.05) is 5.69 Å². The van der Waals surface area contributed by atoms with Gasteiger partial charge in [0.15, 0.2) is 0 Å². The number of primary sulfonamides is 1. The lowest BCUT2D eigenvalue weighted by Gasteiger charge is -2.09. The fourth-order valence-electron chi connectivity index (χ4n) is 1.60. The minimum Gasteiger partial charge on any atom is -0.452 e. The van der Waals surface area contributed by atoms with Crippen LogP contribution >= 0.6 is 11.6 Å². The first kappa shape index (κ1) is 14.6. The number of nitrogens with one attached hydrogen (secondary N) is 1. The van der Waals surface area contributed by atoms with Crippen molar-refractivity contribution in [1.82, 2.24) is 0 Å². The topological polar surface area (TPSA) is 102 Å². The quantitative estimate of drug-likeness (QED) is 0.905. The number of furan rings is 1. The Labute approximate surface area is 120 Å². The number of amides is 1. The predicted molar refractivity (Wildman–Crippen MR) is 74.2 cm³/mol. The number of carbonyl (C=O) groups excluding carboxylic acids is 1. The Hall–Kier alpha value is -1.83. The molecule has 0 saturated heterocycles. The molecule has 1 aromatic heterocycles. The van der Waals surface area contributed by atoms with Crippen LogP contribution in [0.1, 0.15) is 15.9 Å². The first-order valence-electron chi connectivity index (χ1n) is 5.47. The van der Waals surface area contributed by atoms with Crippen LogP contribution in [0.3, 0.4) is 0 Å². The van der Waals surface area contributed by atoms with Crippen LogP contribution in [0, 0.1) is 6.92 Å². The third-order valence-corrected chi connectivity index (χ3v) is 3.84.